The van der Waals surface area contributed by atoms with Gasteiger partial charge in [0, 0.05) is 22.8 Å². The van der Waals surface area contributed by atoms with Crippen LogP contribution in [0.15, 0.2) is 17.0 Å². The normalized spacial score (nSPS) is 11.8. The van der Waals surface area contributed by atoms with Crippen LogP contribution in [0.1, 0.15) is 6.92 Å². The molecule has 1 atom stereocenters. The molecule has 0 spiro atoms. The van der Waals surface area contributed by atoms with Crippen LogP contribution < -0.4 is 4.74 Å². The molecule has 0 saturated heterocycles. The van der Waals surface area contributed by atoms with Crippen molar-refractivity contribution < 1.29 is 19.2 Å². The van der Waals surface area contributed by atoms with E-state index in [4.69, 9.17) is 16.3 Å². The van der Waals surface area contributed by atoms with E-state index in [1.807, 2.05) is 0 Å². The van der Waals surface area contributed by atoms with Crippen molar-refractivity contribution in [1.29, 1.82) is 0 Å². The Balaban J connectivity index is 2.91. The lowest BCUT2D eigenvalue weighted by atomic mass is 10.2. The number of esters is 1. The molecule has 1 aromatic carbocycles. The van der Waals surface area contributed by atoms with Crippen LogP contribution in [-0.4, -0.2) is 30.9 Å². The number of benzene rings is 1. The van der Waals surface area contributed by atoms with E-state index < -0.39 is 4.92 Å². The number of hydrogen-bond donors (Lipinski definition) is 0. The van der Waals surface area contributed by atoms with Gasteiger partial charge in [0.05, 0.1) is 30.1 Å². The Labute approximate surface area is 125 Å². The number of halogens is 1. The summed E-state index contributed by atoms with van der Waals surface area (Å²) in [4.78, 5) is 22.2. The largest absolute Gasteiger partial charge is 0.490 e. The van der Waals surface area contributed by atoms with Gasteiger partial charge < -0.3 is 9.47 Å². The molecule has 0 aliphatic rings. The summed E-state index contributed by atoms with van der Waals surface area (Å²) < 4.78 is 9.60. The fourth-order valence-corrected chi connectivity index (χ4v) is 2.70. The van der Waals surface area contributed by atoms with Crippen molar-refractivity contribution in [3.05, 3.63) is 27.3 Å². The lowest BCUT2D eigenvalue weighted by molar-refractivity contribution is -0.385. The van der Waals surface area contributed by atoms with Crippen molar-refractivity contribution in [3.8, 4) is 5.75 Å². The van der Waals surface area contributed by atoms with Gasteiger partial charge in [-0.1, -0.05) is 18.5 Å². The number of carbonyl (C=O) groups is 1. The lowest BCUT2D eigenvalue weighted by Crippen LogP contribution is -2.14. The highest BCUT2D eigenvalue weighted by Gasteiger charge is 2.20. The fraction of sp³-hybridized carbons (Fsp3) is 0.417. The smallest absolute Gasteiger partial charge is 0.312 e. The Hall–Kier alpha value is -1.47. The molecule has 20 heavy (non-hydrogen) atoms. The first-order valence-electron chi connectivity index (χ1n) is 5.63. The van der Waals surface area contributed by atoms with Crippen LogP contribution in [0, 0.1) is 16.0 Å². The number of carbonyl (C=O) groups excluding carboxylic acids is 1. The van der Waals surface area contributed by atoms with Crippen LogP contribution in [-0.2, 0) is 9.53 Å². The molecule has 1 unspecified atom stereocenters. The molecule has 0 aliphatic carbocycles. The third kappa shape index (κ3) is 4.01. The van der Waals surface area contributed by atoms with Gasteiger partial charge in [-0.3, -0.25) is 14.9 Å². The first kappa shape index (κ1) is 16.6. The van der Waals surface area contributed by atoms with Crippen molar-refractivity contribution in [2.75, 3.05) is 20.0 Å². The minimum atomic E-state index is -0.559. The minimum absolute atomic E-state index is 0.132. The molecule has 0 saturated carbocycles. The predicted molar refractivity (Wildman–Crippen MR) is 76.6 cm³/mol. The first-order chi connectivity index (χ1) is 9.40. The summed E-state index contributed by atoms with van der Waals surface area (Å²) in [7, 11) is 2.67. The maximum absolute atomic E-state index is 11.3. The van der Waals surface area contributed by atoms with E-state index in [1.54, 1.807) is 6.92 Å². The number of hydrogen-bond acceptors (Lipinski definition) is 6. The molecule has 0 amide bonds. The number of nitro groups is 1. The molecular weight excluding hydrogens is 306 g/mol. The predicted octanol–water partition coefficient (Wildman–Crippen LogP) is 3.16. The van der Waals surface area contributed by atoms with E-state index in [2.05, 4.69) is 4.74 Å². The van der Waals surface area contributed by atoms with Gasteiger partial charge in [-0.25, -0.2) is 0 Å². The standard InChI is InChI=1S/C12H14ClNO5S/c1-7(12(15)19-3)6-20-11-5-10(18-2)9(14(16)17)4-8(11)13/h4-5,7H,6H2,1-3H3. The van der Waals surface area contributed by atoms with Gasteiger partial charge >= 0.3 is 11.7 Å². The van der Waals surface area contributed by atoms with Crippen molar-refractivity contribution in [2.24, 2.45) is 5.92 Å². The lowest BCUT2D eigenvalue weighted by Gasteiger charge is -2.10. The number of nitro benzene ring substituents is 1. The molecule has 0 heterocycles. The highest BCUT2D eigenvalue weighted by molar-refractivity contribution is 7.99. The van der Waals surface area contributed by atoms with E-state index in [1.165, 1.54) is 38.1 Å². The van der Waals surface area contributed by atoms with E-state index in [0.29, 0.717) is 10.6 Å². The van der Waals surface area contributed by atoms with Crippen LogP contribution in [0.3, 0.4) is 0 Å². The maximum Gasteiger partial charge on any atom is 0.312 e. The Morgan fingerprint density at radius 3 is 2.65 bits per heavy atom. The van der Waals surface area contributed by atoms with Crippen molar-refractivity contribution in [2.45, 2.75) is 11.8 Å². The number of rotatable bonds is 6. The SMILES string of the molecule is COC(=O)C(C)CSc1cc(OC)c([N+](=O)[O-])cc1Cl. The number of thioether (sulfide) groups is 1. The summed E-state index contributed by atoms with van der Waals surface area (Å²) in [5.74, 6) is -0.0368. The summed E-state index contributed by atoms with van der Waals surface area (Å²) in [6, 6.07) is 2.74. The average Bonchev–Trinajstić information content (AvgIpc) is 2.44. The van der Waals surface area contributed by atoms with Crippen LogP contribution in [0.2, 0.25) is 5.02 Å². The van der Waals surface area contributed by atoms with Gasteiger partial charge in [0.15, 0.2) is 5.75 Å². The Bertz CT molecular complexity index is 523. The van der Waals surface area contributed by atoms with E-state index in [-0.39, 0.29) is 28.3 Å². The van der Waals surface area contributed by atoms with Gasteiger partial charge in [-0.15, -0.1) is 11.8 Å². The summed E-state index contributed by atoms with van der Waals surface area (Å²) in [5, 5.41) is 11.1. The quantitative estimate of drug-likeness (QED) is 0.347. The van der Waals surface area contributed by atoms with Crippen LogP contribution in [0.5, 0.6) is 5.75 Å². The maximum atomic E-state index is 11.3. The zero-order valence-corrected chi connectivity index (χ0v) is 12.8. The molecule has 0 bridgehead atoms. The number of nitrogens with zero attached hydrogens (tertiary/aromatic N) is 1. The summed E-state index contributed by atoms with van der Waals surface area (Å²) in [6.07, 6.45) is 0. The molecule has 1 rings (SSSR count). The second-order valence-electron chi connectivity index (χ2n) is 3.95. The fourth-order valence-electron chi connectivity index (χ4n) is 1.43. The van der Waals surface area contributed by atoms with Gasteiger partial charge in [0.25, 0.3) is 0 Å². The Morgan fingerprint density at radius 2 is 2.15 bits per heavy atom. The number of ether oxygens (including phenoxy) is 2. The topological polar surface area (TPSA) is 78.7 Å². The monoisotopic (exact) mass is 319 g/mol. The third-order valence-corrected chi connectivity index (χ3v) is 4.26. The van der Waals surface area contributed by atoms with E-state index in [9.17, 15) is 14.9 Å². The van der Waals surface area contributed by atoms with Gasteiger partial charge in [0.1, 0.15) is 0 Å². The molecule has 8 heteroatoms. The summed E-state index contributed by atoms with van der Waals surface area (Å²) in [5.41, 5.74) is -0.192. The van der Waals surface area contributed by atoms with Crippen molar-refractivity contribution in [1.82, 2.24) is 0 Å². The molecular formula is C12H14ClNO5S. The van der Waals surface area contributed by atoms with Crippen molar-refractivity contribution >= 4 is 35.0 Å². The van der Waals surface area contributed by atoms with Gasteiger partial charge in [-0.05, 0) is 0 Å². The first-order valence-corrected chi connectivity index (χ1v) is 6.99. The summed E-state index contributed by atoms with van der Waals surface area (Å²) in [6.45, 7) is 1.73. The third-order valence-electron chi connectivity index (χ3n) is 2.52. The second kappa shape index (κ2) is 7.35. The van der Waals surface area contributed by atoms with Crippen molar-refractivity contribution in [3.63, 3.8) is 0 Å². The van der Waals surface area contributed by atoms with Crippen LogP contribution >= 0.6 is 23.4 Å². The van der Waals surface area contributed by atoms with E-state index in [0.717, 1.165) is 0 Å². The highest BCUT2D eigenvalue weighted by Crippen LogP contribution is 2.38. The average molecular weight is 320 g/mol. The molecule has 0 aliphatic heterocycles. The Kier molecular flexibility index (Phi) is 6.09. The molecule has 6 nitrogen and oxygen atoms in total. The van der Waals surface area contributed by atoms with Gasteiger partial charge in [0.2, 0.25) is 0 Å². The number of methoxy groups -OCH3 is 2. The van der Waals surface area contributed by atoms with Crippen LogP contribution in [0.4, 0.5) is 5.69 Å². The zero-order chi connectivity index (χ0) is 15.3. The summed E-state index contributed by atoms with van der Waals surface area (Å²) >= 11 is 7.32. The zero-order valence-electron chi connectivity index (χ0n) is 11.2. The molecule has 110 valence electrons. The molecule has 1 aromatic rings. The van der Waals surface area contributed by atoms with Crippen LogP contribution in [0.25, 0.3) is 0 Å². The second-order valence-corrected chi connectivity index (χ2v) is 5.42. The highest BCUT2D eigenvalue weighted by atomic mass is 35.5. The molecule has 0 radical (unpaired) electrons. The molecule has 0 aromatic heterocycles. The molecule has 0 N–H and O–H groups in total. The minimum Gasteiger partial charge on any atom is -0.490 e. The molecule has 0 fully saturated rings. The Morgan fingerprint density at radius 1 is 1.50 bits per heavy atom. The van der Waals surface area contributed by atoms with E-state index >= 15 is 0 Å². The van der Waals surface area contributed by atoms with Gasteiger partial charge in [-0.2, -0.15) is 0 Å².